The van der Waals surface area contributed by atoms with E-state index >= 15 is 0 Å². The van der Waals surface area contributed by atoms with E-state index in [2.05, 4.69) is 4.98 Å². The second-order valence-electron chi connectivity index (χ2n) is 4.71. The number of aromatic amines is 1. The molecule has 3 N–H and O–H groups in total. The largest absolute Gasteiger partial charge is 0.360 e. The van der Waals surface area contributed by atoms with E-state index in [9.17, 15) is 8.78 Å². The van der Waals surface area contributed by atoms with E-state index in [1.807, 2.05) is 6.07 Å². The Morgan fingerprint density at radius 1 is 1.10 bits per heavy atom. The van der Waals surface area contributed by atoms with Gasteiger partial charge in [0.2, 0.25) is 0 Å². The Bertz CT molecular complexity index is 783. The second kappa shape index (κ2) is 5.87. The third kappa shape index (κ3) is 2.80. The molecule has 0 aliphatic rings. The summed E-state index contributed by atoms with van der Waals surface area (Å²) in [6, 6.07) is 9.54. The van der Waals surface area contributed by atoms with Gasteiger partial charge in [-0.2, -0.15) is 0 Å². The molecule has 0 amide bonds. The number of hydrogen-bond donors (Lipinski definition) is 2. The lowest BCUT2D eigenvalue weighted by Crippen LogP contribution is -2.04. The highest BCUT2D eigenvalue weighted by molar-refractivity contribution is 7.99. The van der Waals surface area contributed by atoms with Crippen LogP contribution in [0, 0.1) is 11.6 Å². The number of nitrogens with one attached hydrogen (secondary N) is 1. The summed E-state index contributed by atoms with van der Waals surface area (Å²) >= 11 is 1.42. The summed E-state index contributed by atoms with van der Waals surface area (Å²) < 4.78 is 27.3. The van der Waals surface area contributed by atoms with Gasteiger partial charge in [-0.15, -0.1) is 0 Å². The van der Waals surface area contributed by atoms with Gasteiger partial charge in [0.25, 0.3) is 0 Å². The van der Waals surface area contributed by atoms with Crippen LogP contribution < -0.4 is 5.73 Å². The summed E-state index contributed by atoms with van der Waals surface area (Å²) in [5.41, 5.74) is 7.16. The first kappa shape index (κ1) is 14.1. The van der Waals surface area contributed by atoms with Crippen molar-refractivity contribution in [2.24, 2.45) is 5.73 Å². The number of rotatable bonds is 4. The predicted molar refractivity (Wildman–Crippen MR) is 81.5 cm³/mol. The molecule has 0 bridgehead atoms. The molecule has 0 fully saturated rings. The molecule has 1 heterocycles. The molecule has 0 atom stereocenters. The smallest absolute Gasteiger partial charge is 0.133 e. The van der Waals surface area contributed by atoms with Crippen molar-refractivity contribution in [1.29, 1.82) is 0 Å². The predicted octanol–water partition coefficient (Wildman–Crippen LogP) is 4.10. The average molecular weight is 304 g/mol. The highest BCUT2D eigenvalue weighted by atomic mass is 32.2. The Labute approximate surface area is 125 Å². The Morgan fingerprint density at radius 2 is 1.95 bits per heavy atom. The molecule has 3 aromatic rings. The number of hydrogen-bond acceptors (Lipinski definition) is 2. The zero-order valence-corrected chi connectivity index (χ0v) is 12.0. The number of benzene rings is 2. The van der Waals surface area contributed by atoms with Crippen LogP contribution in [0.2, 0.25) is 0 Å². The number of aromatic nitrogens is 1. The van der Waals surface area contributed by atoms with Crippen molar-refractivity contribution in [2.75, 3.05) is 6.54 Å². The average Bonchev–Trinajstić information content (AvgIpc) is 2.87. The molecular weight excluding hydrogens is 290 g/mol. The first-order valence-corrected chi connectivity index (χ1v) is 7.42. The van der Waals surface area contributed by atoms with Gasteiger partial charge >= 0.3 is 0 Å². The molecule has 0 aliphatic carbocycles. The SMILES string of the molecule is NCCc1cc(F)ccc1Sc1c[nH]c2cccc(F)c12. The van der Waals surface area contributed by atoms with Crippen molar-refractivity contribution >= 4 is 22.7 Å². The summed E-state index contributed by atoms with van der Waals surface area (Å²) in [4.78, 5) is 4.73. The van der Waals surface area contributed by atoms with Crippen molar-refractivity contribution in [3.8, 4) is 0 Å². The van der Waals surface area contributed by atoms with E-state index in [1.165, 1.54) is 30.0 Å². The van der Waals surface area contributed by atoms with Crippen molar-refractivity contribution < 1.29 is 8.78 Å². The molecule has 0 saturated heterocycles. The van der Waals surface area contributed by atoms with Gasteiger partial charge < -0.3 is 10.7 Å². The van der Waals surface area contributed by atoms with Crippen molar-refractivity contribution in [3.05, 3.63) is 59.8 Å². The topological polar surface area (TPSA) is 41.8 Å². The van der Waals surface area contributed by atoms with E-state index < -0.39 is 0 Å². The van der Waals surface area contributed by atoms with E-state index in [0.29, 0.717) is 18.4 Å². The normalized spacial score (nSPS) is 11.2. The first-order chi connectivity index (χ1) is 10.2. The van der Waals surface area contributed by atoms with Crippen molar-refractivity contribution in [3.63, 3.8) is 0 Å². The van der Waals surface area contributed by atoms with Gasteiger partial charge in [0.05, 0.1) is 0 Å². The van der Waals surface area contributed by atoms with Gasteiger partial charge in [0, 0.05) is 26.9 Å². The third-order valence-electron chi connectivity index (χ3n) is 3.27. The Morgan fingerprint density at radius 3 is 2.76 bits per heavy atom. The minimum Gasteiger partial charge on any atom is -0.360 e. The van der Waals surface area contributed by atoms with Crippen LogP contribution in [-0.4, -0.2) is 11.5 Å². The van der Waals surface area contributed by atoms with Gasteiger partial charge in [0.1, 0.15) is 11.6 Å². The standard InChI is InChI=1S/C16H14F2N2S/c17-11-4-5-14(10(8-11)6-7-19)21-15-9-20-13-3-1-2-12(18)16(13)15/h1-5,8-9,20H,6-7,19H2. The highest BCUT2D eigenvalue weighted by Crippen LogP contribution is 2.36. The zero-order valence-electron chi connectivity index (χ0n) is 11.2. The summed E-state index contributed by atoms with van der Waals surface area (Å²) in [5.74, 6) is -0.549. The molecular formula is C16H14F2N2S. The molecule has 3 rings (SSSR count). The van der Waals surface area contributed by atoms with Crippen LogP contribution in [0.5, 0.6) is 0 Å². The zero-order chi connectivity index (χ0) is 14.8. The molecule has 1 aromatic heterocycles. The van der Waals surface area contributed by atoms with Crippen LogP contribution in [0.1, 0.15) is 5.56 Å². The van der Waals surface area contributed by atoms with Gasteiger partial charge in [-0.1, -0.05) is 17.8 Å². The van der Waals surface area contributed by atoms with E-state index in [1.54, 1.807) is 18.3 Å². The molecule has 0 saturated carbocycles. The minimum absolute atomic E-state index is 0.265. The van der Waals surface area contributed by atoms with Gasteiger partial charge in [-0.3, -0.25) is 0 Å². The third-order valence-corrected chi connectivity index (χ3v) is 4.43. The molecule has 21 heavy (non-hydrogen) atoms. The minimum atomic E-state index is -0.284. The maximum atomic E-state index is 14.0. The molecule has 108 valence electrons. The van der Waals surface area contributed by atoms with Crippen LogP contribution >= 0.6 is 11.8 Å². The van der Waals surface area contributed by atoms with Crippen LogP contribution in [0.4, 0.5) is 8.78 Å². The van der Waals surface area contributed by atoms with Gasteiger partial charge in [-0.05, 0) is 48.9 Å². The second-order valence-corrected chi connectivity index (χ2v) is 5.79. The van der Waals surface area contributed by atoms with E-state index in [4.69, 9.17) is 5.73 Å². The van der Waals surface area contributed by atoms with E-state index in [0.717, 1.165) is 20.9 Å². The Hall–Kier alpha value is -1.85. The van der Waals surface area contributed by atoms with Crippen LogP contribution in [-0.2, 0) is 6.42 Å². The fourth-order valence-corrected chi connectivity index (χ4v) is 3.40. The lowest BCUT2D eigenvalue weighted by atomic mass is 10.1. The summed E-state index contributed by atoms with van der Waals surface area (Å²) in [5, 5.41) is 0.561. The van der Waals surface area contributed by atoms with Crippen molar-refractivity contribution in [1.82, 2.24) is 4.98 Å². The van der Waals surface area contributed by atoms with Crippen LogP contribution in [0.15, 0.2) is 52.4 Å². The fourth-order valence-electron chi connectivity index (χ4n) is 2.31. The van der Waals surface area contributed by atoms with Gasteiger partial charge in [0.15, 0.2) is 0 Å². The molecule has 0 spiro atoms. The highest BCUT2D eigenvalue weighted by Gasteiger charge is 2.12. The molecule has 2 aromatic carbocycles. The summed E-state index contributed by atoms with van der Waals surface area (Å²) in [7, 11) is 0. The number of halogens is 2. The maximum Gasteiger partial charge on any atom is 0.133 e. The van der Waals surface area contributed by atoms with Crippen LogP contribution in [0.3, 0.4) is 0 Å². The lowest BCUT2D eigenvalue weighted by Gasteiger charge is -2.08. The summed E-state index contributed by atoms with van der Waals surface area (Å²) in [6.45, 7) is 0.444. The molecule has 0 radical (unpaired) electrons. The molecule has 0 aliphatic heterocycles. The lowest BCUT2D eigenvalue weighted by molar-refractivity contribution is 0.623. The molecule has 2 nitrogen and oxygen atoms in total. The first-order valence-electron chi connectivity index (χ1n) is 6.61. The Balaban J connectivity index is 2.03. The quantitative estimate of drug-likeness (QED) is 0.762. The van der Waals surface area contributed by atoms with Crippen LogP contribution in [0.25, 0.3) is 10.9 Å². The van der Waals surface area contributed by atoms with E-state index in [-0.39, 0.29) is 11.6 Å². The number of nitrogens with two attached hydrogens (primary N) is 1. The fraction of sp³-hybridized carbons (Fsp3) is 0.125. The Kier molecular flexibility index (Phi) is 3.94. The number of H-pyrrole nitrogens is 1. The van der Waals surface area contributed by atoms with Gasteiger partial charge in [-0.25, -0.2) is 8.78 Å². The maximum absolute atomic E-state index is 14.0. The number of fused-ring (bicyclic) bond motifs is 1. The van der Waals surface area contributed by atoms with Crippen molar-refractivity contribution in [2.45, 2.75) is 16.2 Å². The molecule has 0 unspecified atom stereocenters. The molecule has 5 heteroatoms. The summed E-state index contributed by atoms with van der Waals surface area (Å²) in [6.07, 6.45) is 2.36. The monoisotopic (exact) mass is 304 g/mol.